The minimum atomic E-state index is -0.885. The van der Waals surface area contributed by atoms with Crippen molar-refractivity contribution in [2.45, 2.75) is 32.5 Å². The van der Waals surface area contributed by atoms with Gasteiger partial charge < -0.3 is 29.1 Å². The molecule has 1 heterocycles. The summed E-state index contributed by atoms with van der Waals surface area (Å²) in [5.74, 6) is 0.457. The Labute approximate surface area is 159 Å². The minimum Gasteiger partial charge on any atom is -0.496 e. The van der Waals surface area contributed by atoms with Crippen molar-refractivity contribution in [3.63, 3.8) is 0 Å². The van der Waals surface area contributed by atoms with Crippen molar-refractivity contribution in [3.8, 4) is 11.5 Å². The van der Waals surface area contributed by atoms with E-state index in [9.17, 15) is 14.7 Å². The molecular formula is C19H28N2O6. The molecule has 0 saturated carbocycles. The smallest absolute Gasteiger partial charge is 0.410 e. The van der Waals surface area contributed by atoms with E-state index in [1.54, 1.807) is 39.0 Å². The van der Waals surface area contributed by atoms with Crippen LogP contribution >= 0.6 is 0 Å². The van der Waals surface area contributed by atoms with E-state index in [1.165, 1.54) is 24.0 Å². The first-order valence-corrected chi connectivity index (χ1v) is 8.82. The van der Waals surface area contributed by atoms with Crippen LogP contribution in [0.1, 0.15) is 31.1 Å². The summed E-state index contributed by atoms with van der Waals surface area (Å²) in [6, 6.07) is 5.09. The molecule has 0 aromatic heterocycles. The van der Waals surface area contributed by atoms with E-state index in [0.717, 1.165) is 0 Å². The topological polar surface area (TPSA) is 88.5 Å². The predicted octanol–water partition coefficient (Wildman–Crippen LogP) is 1.76. The molecule has 8 heteroatoms. The number of β-amino-alcohol motifs (C(OH)–C–C–N with tert-alkyl or cyclic N) is 1. The third-order valence-corrected chi connectivity index (χ3v) is 4.08. The Balaban J connectivity index is 2.19. The van der Waals surface area contributed by atoms with Crippen molar-refractivity contribution in [1.82, 2.24) is 9.80 Å². The Morgan fingerprint density at radius 3 is 2.07 bits per heavy atom. The van der Waals surface area contributed by atoms with Crippen molar-refractivity contribution in [3.05, 3.63) is 23.8 Å². The quantitative estimate of drug-likeness (QED) is 0.860. The zero-order valence-corrected chi connectivity index (χ0v) is 16.5. The van der Waals surface area contributed by atoms with E-state index in [4.69, 9.17) is 14.2 Å². The van der Waals surface area contributed by atoms with Crippen molar-refractivity contribution in [1.29, 1.82) is 0 Å². The number of carbonyl (C=O) groups excluding carboxylic acids is 2. The molecule has 1 atom stereocenters. The highest BCUT2D eigenvalue weighted by molar-refractivity contribution is 5.99. The summed E-state index contributed by atoms with van der Waals surface area (Å²) in [5, 5.41) is 10.3. The zero-order valence-electron chi connectivity index (χ0n) is 16.5. The summed E-state index contributed by atoms with van der Waals surface area (Å²) < 4.78 is 16.0. The molecule has 1 aliphatic heterocycles. The fourth-order valence-electron chi connectivity index (χ4n) is 2.89. The Morgan fingerprint density at radius 1 is 1.04 bits per heavy atom. The van der Waals surface area contributed by atoms with Gasteiger partial charge in [-0.25, -0.2) is 4.79 Å². The summed E-state index contributed by atoms with van der Waals surface area (Å²) in [6.07, 6.45) is -1.39. The predicted molar refractivity (Wildman–Crippen MR) is 99.3 cm³/mol. The summed E-state index contributed by atoms with van der Waals surface area (Å²) in [4.78, 5) is 28.3. The molecule has 8 nitrogen and oxygen atoms in total. The number of ether oxygens (including phenoxy) is 3. The molecule has 150 valence electrons. The molecule has 1 unspecified atom stereocenters. The Hall–Kier alpha value is -2.48. The Kier molecular flexibility index (Phi) is 6.54. The maximum absolute atomic E-state index is 13.1. The van der Waals surface area contributed by atoms with Gasteiger partial charge >= 0.3 is 6.09 Å². The van der Waals surface area contributed by atoms with Gasteiger partial charge in [0.25, 0.3) is 5.91 Å². The maximum Gasteiger partial charge on any atom is 0.410 e. The summed E-state index contributed by atoms with van der Waals surface area (Å²) in [5.41, 5.74) is -0.338. The van der Waals surface area contributed by atoms with Crippen LogP contribution in [0.25, 0.3) is 0 Å². The van der Waals surface area contributed by atoms with E-state index < -0.39 is 17.8 Å². The summed E-state index contributed by atoms with van der Waals surface area (Å²) in [6.45, 7) is 6.06. The van der Waals surface area contributed by atoms with Crippen molar-refractivity contribution in [2.24, 2.45) is 0 Å². The fraction of sp³-hybridized carbons (Fsp3) is 0.579. The van der Waals surface area contributed by atoms with Gasteiger partial charge in [-0.05, 0) is 32.9 Å². The molecule has 1 fully saturated rings. The second-order valence-electron chi connectivity index (χ2n) is 7.37. The monoisotopic (exact) mass is 380 g/mol. The van der Waals surface area contributed by atoms with Gasteiger partial charge in [-0.2, -0.15) is 0 Å². The van der Waals surface area contributed by atoms with E-state index in [-0.39, 0.29) is 32.1 Å². The highest BCUT2D eigenvalue weighted by Crippen LogP contribution is 2.30. The second kappa shape index (κ2) is 8.47. The third-order valence-electron chi connectivity index (χ3n) is 4.08. The van der Waals surface area contributed by atoms with Crippen LogP contribution in [-0.4, -0.2) is 79.0 Å². The van der Waals surface area contributed by atoms with Crippen LogP contribution in [0, 0.1) is 0 Å². The first-order valence-electron chi connectivity index (χ1n) is 8.82. The zero-order chi connectivity index (χ0) is 20.2. The first kappa shape index (κ1) is 20.8. The van der Waals surface area contributed by atoms with Gasteiger partial charge in [0.15, 0.2) is 0 Å². The van der Waals surface area contributed by atoms with Gasteiger partial charge in [0.05, 0.1) is 26.9 Å². The number of nitrogens with zero attached hydrogens (tertiary/aromatic N) is 2. The Morgan fingerprint density at radius 2 is 1.56 bits per heavy atom. The molecule has 0 spiro atoms. The van der Waals surface area contributed by atoms with Crippen LogP contribution in [0.4, 0.5) is 4.79 Å². The number of hydrogen-bond acceptors (Lipinski definition) is 6. The molecule has 0 bridgehead atoms. The van der Waals surface area contributed by atoms with Gasteiger partial charge in [-0.15, -0.1) is 0 Å². The first-order chi connectivity index (χ1) is 12.7. The third kappa shape index (κ3) is 5.26. The van der Waals surface area contributed by atoms with Gasteiger partial charge in [0.1, 0.15) is 22.7 Å². The van der Waals surface area contributed by atoms with Crippen LogP contribution in [0.3, 0.4) is 0 Å². The molecule has 2 amide bonds. The van der Waals surface area contributed by atoms with Gasteiger partial charge in [-0.3, -0.25) is 4.79 Å². The molecule has 1 aromatic rings. The molecule has 27 heavy (non-hydrogen) atoms. The highest BCUT2D eigenvalue weighted by atomic mass is 16.6. The van der Waals surface area contributed by atoms with Crippen LogP contribution < -0.4 is 9.47 Å². The summed E-state index contributed by atoms with van der Waals surface area (Å²) in [7, 11) is 2.96. The van der Waals surface area contributed by atoms with Gasteiger partial charge in [-0.1, -0.05) is 6.07 Å². The largest absolute Gasteiger partial charge is 0.496 e. The fourth-order valence-corrected chi connectivity index (χ4v) is 2.89. The number of methoxy groups -OCH3 is 2. The Bertz CT molecular complexity index is 663. The number of aliphatic hydroxyl groups is 1. The van der Waals surface area contributed by atoms with Crippen LogP contribution in [0.2, 0.25) is 0 Å². The van der Waals surface area contributed by atoms with Gasteiger partial charge in [0, 0.05) is 19.6 Å². The van der Waals surface area contributed by atoms with Gasteiger partial charge in [0.2, 0.25) is 0 Å². The van der Waals surface area contributed by atoms with Crippen molar-refractivity contribution in [2.75, 3.05) is 40.4 Å². The average Bonchev–Trinajstić information content (AvgIpc) is 2.80. The molecule has 1 aromatic carbocycles. The van der Waals surface area contributed by atoms with E-state index in [0.29, 0.717) is 17.1 Å². The van der Waals surface area contributed by atoms with Crippen LogP contribution in [-0.2, 0) is 4.74 Å². The summed E-state index contributed by atoms with van der Waals surface area (Å²) >= 11 is 0. The molecule has 1 aliphatic rings. The van der Waals surface area contributed by atoms with Crippen molar-refractivity contribution < 1.29 is 28.9 Å². The lowest BCUT2D eigenvalue weighted by atomic mass is 10.1. The molecule has 2 rings (SSSR count). The SMILES string of the molecule is COc1cccc(OC)c1C(=O)N1CCN(C(=O)OC(C)(C)C)CC(O)C1. The lowest BCUT2D eigenvalue weighted by Gasteiger charge is -2.27. The lowest BCUT2D eigenvalue weighted by molar-refractivity contribution is 0.0186. The van der Waals surface area contributed by atoms with E-state index in [1.807, 2.05) is 0 Å². The molecule has 1 saturated heterocycles. The van der Waals surface area contributed by atoms with Crippen LogP contribution in [0.15, 0.2) is 18.2 Å². The van der Waals surface area contributed by atoms with Crippen LogP contribution in [0.5, 0.6) is 11.5 Å². The number of rotatable bonds is 3. The average molecular weight is 380 g/mol. The second-order valence-corrected chi connectivity index (χ2v) is 7.37. The van der Waals surface area contributed by atoms with Crippen molar-refractivity contribution >= 4 is 12.0 Å². The normalized spacial score (nSPS) is 17.9. The lowest BCUT2D eigenvalue weighted by Crippen LogP contribution is -2.41. The number of aliphatic hydroxyl groups excluding tert-OH is 1. The molecule has 1 N–H and O–H groups in total. The minimum absolute atomic E-state index is 0.0966. The van der Waals surface area contributed by atoms with E-state index in [2.05, 4.69) is 0 Å². The molecule has 0 aliphatic carbocycles. The number of benzene rings is 1. The number of carbonyl (C=O) groups is 2. The number of hydrogen-bond donors (Lipinski definition) is 1. The molecular weight excluding hydrogens is 352 g/mol. The standard InChI is InChI=1S/C19H28N2O6/c1-19(2,3)27-18(24)21-10-9-20(11-13(22)12-21)17(23)16-14(25-4)7-6-8-15(16)26-5/h6-8,13,22H,9-12H2,1-5H3. The van der Waals surface area contributed by atoms with E-state index >= 15 is 0 Å². The maximum atomic E-state index is 13.1. The number of amides is 2. The highest BCUT2D eigenvalue weighted by Gasteiger charge is 2.32. The molecule has 0 radical (unpaired) electrons.